The quantitative estimate of drug-likeness (QED) is 0.623. The Bertz CT molecular complexity index is 703. The Balaban J connectivity index is 2.43. The topological polar surface area (TPSA) is 82.2 Å². The van der Waals surface area contributed by atoms with E-state index in [1.165, 1.54) is 12.3 Å². The summed E-state index contributed by atoms with van der Waals surface area (Å²) in [5.74, 6) is 0.0134. The van der Waals surface area contributed by atoms with Crippen molar-refractivity contribution in [1.29, 1.82) is 0 Å². The highest BCUT2D eigenvalue weighted by Crippen LogP contribution is 2.26. The van der Waals surface area contributed by atoms with Crippen molar-refractivity contribution in [3.8, 4) is 0 Å². The molecule has 0 bridgehead atoms. The van der Waals surface area contributed by atoms with Crippen molar-refractivity contribution in [3.63, 3.8) is 0 Å². The van der Waals surface area contributed by atoms with E-state index in [0.717, 1.165) is 0 Å². The molecule has 0 unspecified atom stereocenters. The van der Waals surface area contributed by atoms with E-state index in [0.29, 0.717) is 17.4 Å². The molecule has 0 aliphatic rings. The molecule has 1 aromatic heterocycles. The van der Waals surface area contributed by atoms with Crippen molar-refractivity contribution in [2.75, 3.05) is 12.0 Å². The summed E-state index contributed by atoms with van der Waals surface area (Å²) in [5.41, 5.74) is 0.707. The lowest BCUT2D eigenvalue weighted by Crippen LogP contribution is -2.10. The van der Waals surface area contributed by atoms with Crippen LogP contribution in [0.25, 0.3) is 10.9 Å². The minimum absolute atomic E-state index is 0.0134. The number of nitrogens with zero attached hydrogens (tertiary/aromatic N) is 2. The van der Waals surface area contributed by atoms with Gasteiger partial charge in [0.25, 0.3) is 5.69 Å². The highest BCUT2D eigenvalue weighted by Gasteiger charge is 2.14. The molecule has 2 rings (SSSR count). The average Bonchev–Trinajstić information content (AvgIpc) is 2.68. The number of aryl methyl sites for hydroxylation is 1. The van der Waals surface area contributed by atoms with Crippen LogP contribution in [-0.2, 0) is 16.4 Å². The lowest BCUT2D eigenvalue weighted by atomic mass is 10.2. The zero-order valence-electron chi connectivity index (χ0n) is 9.74. The summed E-state index contributed by atoms with van der Waals surface area (Å²) in [6.07, 6.45) is 2.84. The minimum Gasteiger partial charge on any atom is -0.346 e. The number of benzene rings is 1. The lowest BCUT2D eigenvalue weighted by molar-refractivity contribution is -0.383. The Hall–Kier alpha value is -1.89. The third kappa shape index (κ3) is 2.51. The number of non-ortho nitro benzene ring substituents is 1. The van der Waals surface area contributed by atoms with Gasteiger partial charge in [0, 0.05) is 25.1 Å². The molecule has 0 atom stereocenters. The predicted molar refractivity (Wildman–Crippen MR) is 68.3 cm³/mol. The first-order valence-corrected chi connectivity index (χ1v) is 7.34. The highest BCUT2D eigenvalue weighted by molar-refractivity contribution is 7.90. The van der Waals surface area contributed by atoms with Gasteiger partial charge in [0.05, 0.1) is 21.6 Å². The number of hydrogen-bond acceptors (Lipinski definition) is 4. The molecule has 2 aromatic rings. The maximum absolute atomic E-state index is 11.1. The molecule has 96 valence electrons. The standard InChI is InChI=1S/C11H12N2O4S/c1-18(16,17)8-7-12-6-5-9-10(12)3-2-4-11(9)13(14)15/h2-6H,7-8H2,1H3. The van der Waals surface area contributed by atoms with Crippen LogP contribution >= 0.6 is 0 Å². The fraction of sp³-hybridized carbons (Fsp3) is 0.273. The van der Waals surface area contributed by atoms with Crippen LogP contribution in [0.3, 0.4) is 0 Å². The number of sulfone groups is 1. The van der Waals surface area contributed by atoms with Gasteiger partial charge in [0.2, 0.25) is 0 Å². The summed E-state index contributed by atoms with van der Waals surface area (Å²) in [4.78, 5) is 10.4. The number of fused-ring (bicyclic) bond motifs is 1. The average molecular weight is 268 g/mol. The molecular formula is C11H12N2O4S. The molecule has 0 saturated heterocycles. The second-order valence-electron chi connectivity index (χ2n) is 4.11. The van der Waals surface area contributed by atoms with Crippen LogP contribution < -0.4 is 0 Å². The number of nitro groups is 1. The molecule has 0 spiro atoms. The normalized spacial score (nSPS) is 11.8. The van der Waals surface area contributed by atoms with Gasteiger partial charge >= 0.3 is 0 Å². The second-order valence-corrected chi connectivity index (χ2v) is 6.37. The van der Waals surface area contributed by atoms with E-state index < -0.39 is 14.8 Å². The molecule has 0 fully saturated rings. The molecule has 0 radical (unpaired) electrons. The van der Waals surface area contributed by atoms with Gasteiger partial charge in [-0.05, 0) is 12.1 Å². The van der Waals surface area contributed by atoms with Gasteiger partial charge in [-0.3, -0.25) is 10.1 Å². The summed E-state index contributed by atoms with van der Waals surface area (Å²) in [6, 6.07) is 6.40. The van der Waals surface area contributed by atoms with Crippen molar-refractivity contribution >= 4 is 26.4 Å². The molecule has 1 aromatic carbocycles. The Labute approximate surface area is 104 Å². The number of hydrogen-bond donors (Lipinski definition) is 0. The predicted octanol–water partition coefficient (Wildman–Crippen LogP) is 1.59. The maximum atomic E-state index is 11.1. The molecule has 7 heteroatoms. The Morgan fingerprint density at radius 3 is 2.67 bits per heavy atom. The van der Waals surface area contributed by atoms with Crippen LogP contribution in [0.4, 0.5) is 5.69 Å². The third-order valence-electron chi connectivity index (χ3n) is 2.69. The van der Waals surface area contributed by atoms with E-state index in [1.807, 2.05) is 0 Å². The van der Waals surface area contributed by atoms with E-state index in [9.17, 15) is 18.5 Å². The van der Waals surface area contributed by atoms with Crippen molar-refractivity contribution in [2.24, 2.45) is 0 Å². The fourth-order valence-corrected chi connectivity index (χ4v) is 2.35. The molecule has 6 nitrogen and oxygen atoms in total. The highest BCUT2D eigenvalue weighted by atomic mass is 32.2. The summed E-state index contributed by atoms with van der Waals surface area (Å²) in [5, 5.41) is 11.4. The van der Waals surface area contributed by atoms with Crippen LogP contribution in [0.15, 0.2) is 30.5 Å². The van der Waals surface area contributed by atoms with Crippen LogP contribution in [0.1, 0.15) is 0 Å². The SMILES string of the molecule is CS(=O)(=O)CCn1ccc2c([N+](=O)[O-])cccc21. The Morgan fingerprint density at radius 1 is 1.33 bits per heavy atom. The van der Waals surface area contributed by atoms with Gasteiger partial charge < -0.3 is 4.57 Å². The molecule has 0 amide bonds. The first-order valence-electron chi connectivity index (χ1n) is 5.28. The van der Waals surface area contributed by atoms with E-state index in [4.69, 9.17) is 0 Å². The summed E-state index contributed by atoms with van der Waals surface area (Å²) in [6.45, 7) is 0.295. The Kier molecular flexibility index (Phi) is 3.08. The zero-order valence-corrected chi connectivity index (χ0v) is 10.6. The van der Waals surface area contributed by atoms with Crippen LogP contribution in [0.2, 0.25) is 0 Å². The molecular weight excluding hydrogens is 256 g/mol. The van der Waals surface area contributed by atoms with E-state index >= 15 is 0 Å². The summed E-state index contributed by atoms with van der Waals surface area (Å²) >= 11 is 0. The summed E-state index contributed by atoms with van der Waals surface area (Å²) < 4.78 is 23.9. The fourth-order valence-electron chi connectivity index (χ4n) is 1.83. The van der Waals surface area contributed by atoms with Gasteiger partial charge in [-0.15, -0.1) is 0 Å². The largest absolute Gasteiger partial charge is 0.346 e. The van der Waals surface area contributed by atoms with Gasteiger partial charge in [-0.2, -0.15) is 0 Å². The minimum atomic E-state index is -3.05. The number of aromatic nitrogens is 1. The van der Waals surface area contributed by atoms with Gasteiger partial charge in [0.15, 0.2) is 0 Å². The van der Waals surface area contributed by atoms with Crippen LogP contribution in [0, 0.1) is 10.1 Å². The summed E-state index contributed by atoms with van der Waals surface area (Å²) in [7, 11) is -3.05. The van der Waals surface area contributed by atoms with Crippen molar-refractivity contribution in [1.82, 2.24) is 4.57 Å². The smallest absolute Gasteiger partial charge is 0.278 e. The molecule has 18 heavy (non-hydrogen) atoms. The Morgan fingerprint density at radius 2 is 2.06 bits per heavy atom. The maximum Gasteiger partial charge on any atom is 0.278 e. The van der Waals surface area contributed by atoms with E-state index in [-0.39, 0.29) is 11.4 Å². The molecule has 0 aliphatic heterocycles. The first kappa shape index (κ1) is 12.6. The van der Waals surface area contributed by atoms with Crippen molar-refractivity contribution in [2.45, 2.75) is 6.54 Å². The second kappa shape index (κ2) is 4.41. The van der Waals surface area contributed by atoms with Gasteiger partial charge in [0.1, 0.15) is 9.84 Å². The van der Waals surface area contributed by atoms with Crippen molar-refractivity contribution < 1.29 is 13.3 Å². The molecule has 0 N–H and O–H groups in total. The van der Waals surface area contributed by atoms with Crippen molar-refractivity contribution in [3.05, 3.63) is 40.6 Å². The van der Waals surface area contributed by atoms with E-state index in [2.05, 4.69) is 0 Å². The van der Waals surface area contributed by atoms with Gasteiger partial charge in [-0.1, -0.05) is 6.07 Å². The number of nitro benzene ring substituents is 1. The number of rotatable bonds is 4. The lowest BCUT2D eigenvalue weighted by Gasteiger charge is -2.04. The molecule has 1 heterocycles. The molecule has 0 aliphatic carbocycles. The van der Waals surface area contributed by atoms with E-state index in [1.54, 1.807) is 29.0 Å². The molecule has 0 saturated carbocycles. The third-order valence-corrected chi connectivity index (χ3v) is 3.61. The monoisotopic (exact) mass is 268 g/mol. The zero-order chi connectivity index (χ0) is 13.3. The van der Waals surface area contributed by atoms with Crippen LogP contribution in [-0.4, -0.2) is 29.9 Å². The first-order chi connectivity index (χ1) is 8.38. The van der Waals surface area contributed by atoms with Gasteiger partial charge in [-0.25, -0.2) is 8.42 Å². The van der Waals surface area contributed by atoms with Crippen LogP contribution in [0.5, 0.6) is 0 Å².